The van der Waals surface area contributed by atoms with Crippen LogP contribution in [0.1, 0.15) is 38.9 Å². The van der Waals surface area contributed by atoms with Crippen molar-refractivity contribution in [1.29, 1.82) is 0 Å². The first-order valence-corrected chi connectivity index (χ1v) is 24.8. The fraction of sp³-hybridized carbons (Fsp3) is 0.311. The highest BCUT2D eigenvalue weighted by Crippen LogP contribution is 2.36. The molecular weight excluding hydrogens is 909 g/mol. The van der Waals surface area contributed by atoms with Crippen molar-refractivity contribution in [2.24, 2.45) is 0 Å². The third-order valence-corrected chi connectivity index (χ3v) is 12.7. The largest absolute Gasteiger partial charge is 0.374 e. The molecule has 0 aromatic heterocycles. The Bertz CT molecular complexity index is 2550. The Morgan fingerprint density at radius 2 is 0.569 bits per heavy atom. The predicted molar refractivity (Wildman–Crippen MR) is 272 cm³/mol. The Kier molecular flexibility index (Phi) is 19.3. The van der Waals surface area contributed by atoms with Crippen molar-refractivity contribution in [1.82, 2.24) is 0 Å². The maximum Gasteiger partial charge on any atom is 0.187 e. The van der Waals surface area contributed by atoms with Gasteiger partial charge in [-0.15, -0.1) is 0 Å². The first kappa shape index (κ1) is 51.0. The van der Waals surface area contributed by atoms with Crippen molar-refractivity contribution in [3.05, 3.63) is 251 Å². The van der Waals surface area contributed by atoms with Gasteiger partial charge < -0.3 is 52.5 Å². The van der Waals surface area contributed by atoms with Crippen molar-refractivity contribution in [2.45, 2.75) is 108 Å². The van der Waals surface area contributed by atoms with Crippen LogP contribution in [0.3, 0.4) is 0 Å². The number of rotatable bonds is 25. The van der Waals surface area contributed by atoms with Crippen molar-refractivity contribution in [3.63, 3.8) is 0 Å². The molecule has 0 radical (unpaired) electrons. The van der Waals surface area contributed by atoms with Crippen LogP contribution in [0.15, 0.2) is 212 Å². The first-order chi connectivity index (χ1) is 35.6. The summed E-state index contributed by atoms with van der Waals surface area (Å²) < 4.78 is 68.6. The lowest BCUT2D eigenvalue weighted by atomic mass is 9.95. The van der Waals surface area contributed by atoms with E-state index in [2.05, 4.69) is 0 Å². The SMILES string of the molecule is O[C@H]1O[C@H](COCc2ccccc2)[C@H](O[C@@H]2O[C@H](COCc3ccccc3)[C@@H](OCc3ccccc3)[C@H](OCc3ccccc3)[C@H]2OCc2ccccc2)[C@H](OCc2ccccc2)[C@H]1OCc1ccccc1. The third-order valence-electron chi connectivity index (χ3n) is 12.7. The number of benzene rings is 7. The summed E-state index contributed by atoms with van der Waals surface area (Å²) in [6, 6.07) is 69.6. The Balaban J connectivity index is 1.10. The first-order valence-electron chi connectivity index (χ1n) is 24.8. The number of hydrogen-bond acceptors (Lipinski definition) is 11. The van der Waals surface area contributed by atoms with Gasteiger partial charge in [0.15, 0.2) is 12.6 Å². The smallest absolute Gasteiger partial charge is 0.187 e. The summed E-state index contributed by atoms with van der Waals surface area (Å²) in [4.78, 5) is 0. The van der Waals surface area contributed by atoms with E-state index in [9.17, 15) is 5.11 Å². The van der Waals surface area contributed by atoms with Crippen LogP contribution in [0.25, 0.3) is 0 Å². The fourth-order valence-corrected chi connectivity index (χ4v) is 8.97. The lowest BCUT2D eigenvalue weighted by Crippen LogP contribution is -2.66. The lowest BCUT2D eigenvalue weighted by Gasteiger charge is -2.49. The van der Waals surface area contributed by atoms with E-state index in [4.69, 9.17) is 47.4 Å². The predicted octanol–water partition coefficient (Wildman–Crippen LogP) is 10.2. The van der Waals surface area contributed by atoms with E-state index < -0.39 is 61.4 Å². The molecule has 9 rings (SSSR count). The molecule has 0 saturated carbocycles. The van der Waals surface area contributed by atoms with Gasteiger partial charge >= 0.3 is 0 Å². The standard InChI is InChI=1S/C61H64O11/c62-60-58(68-41-50-32-18-6-19-33-50)57(67-40-49-30-16-5-17-31-49)55(53(70-60)44-64-37-46-24-10-2-11-25-46)72-61-59(69-42-51-34-20-7-21-35-51)56(66-39-48-28-14-4-15-29-48)54(65-38-47-26-12-3-13-27-47)52(71-61)43-63-36-45-22-8-1-9-23-45/h1-35,52-62H,36-44H2/t52-,53-,54-,55+,56+,57+,58-,59-,60+,61+/m1/s1. The molecule has 2 saturated heterocycles. The molecule has 0 spiro atoms. The van der Waals surface area contributed by atoms with Crippen LogP contribution >= 0.6 is 0 Å². The van der Waals surface area contributed by atoms with Gasteiger partial charge in [0.1, 0.15) is 48.8 Å². The highest BCUT2D eigenvalue weighted by atomic mass is 16.8. The average Bonchev–Trinajstić information content (AvgIpc) is 3.43. The van der Waals surface area contributed by atoms with Crippen LogP contribution < -0.4 is 0 Å². The minimum Gasteiger partial charge on any atom is -0.374 e. The summed E-state index contributed by atoms with van der Waals surface area (Å²) in [7, 11) is 0. The van der Waals surface area contributed by atoms with Crippen LogP contribution in [-0.4, -0.2) is 79.7 Å². The normalized spacial score (nSPS) is 24.2. The van der Waals surface area contributed by atoms with Gasteiger partial charge in [0.05, 0.1) is 59.5 Å². The van der Waals surface area contributed by atoms with Gasteiger partial charge in [0.2, 0.25) is 0 Å². The minimum atomic E-state index is -1.41. The van der Waals surface area contributed by atoms with Gasteiger partial charge in [-0.05, 0) is 38.9 Å². The molecule has 7 aromatic rings. The highest BCUT2D eigenvalue weighted by molar-refractivity contribution is 5.19. The molecule has 0 amide bonds. The van der Waals surface area contributed by atoms with E-state index in [0.29, 0.717) is 13.2 Å². The molecule has 0 unspecified atom stereocenters. The van der Waals surface area contributed by atoms with E-state index in [1.165, 1.54) is 0 Å². The average molecular weight is 973 g/mol. The second kappa shape index (κ2) is 27.2. The molecule has 374 valence electrons. The Hall–Kier alpha value is -5.90. The molecule has 2 aliphatic rings. The van der Waals surface area contributed by atoms with Crippen LogP contribution in [0.5, 0.6) is 0 Å². The van der Waals surface area contributed by atoms with E-state index in [-0.39, 0.29) is 46.2 Å². The summed E-state index contributed by atoms with van der Waals surface area (Å²) in [5, 5.41) is 12.0. The van der Waals surface area contributed by atoms with Crippen LogP contribution in [0.2, 0.25) is 0 Å². The van der Waals surface area contributed by atoms with Crippen LogP contribution in [0.4, 0.5) is 0 Å². The van der Waals surface area contributed by atoms with Gasteiger partial charge in [0.25, 0.3) is 0 Å². The highest BCUT2D eigenvalue weighted by Gasteiger charge is 2.54. The second-order valence-corrected chi connectivity index (χ2v) is 18.0. The number of aliphatic hydroxyl groups is 1. The second-order valence-electron chi connectivity index (χ2n) is 18.0. The monoisotopic (exact) mass is 972 g/mol. The Morgan fingerprint density at radius 3 is 0.931 bits per heavy atom. The molecular formula is C61H64O11. The molecule has 0 aliphatic carbocycles. The van der Waals surface area contributed by atoms with E-state index >= 15 is 0 Å². The zero-order chi connectivity index (χ0) is 49.0. The maximum atomic E-state index is 12.0. The topological polar surface area (TPSA) is 113 Å². The summed E-state index contributed by atoms with van der Waals surface area (Å²) in [6.45, 7) is 1.91. The molecule has 2 aliphatic heterocycles. The van der Waals surface area contributed by atoms with E-state index in [1.54, 1.807) is 0 Å². The molecule has 72 heavy (non-hydrogen) atoms. The third kappa shape index (κ3) is 14.8. The molecule has 10 atom stereocenters. The fourth-order valence-electron chi connectivity index (χ4n) is 8.97. The number of aliphatic hydroxyl groups excluding tert-OH is 1. The van der Waals surface area contributed by atoms with Crippen molar-refractivity contribution < 1.29 is 52.5 Å². The zero-order valence-electron chi connectivity index (χ0n) is 40.4. The van der Waals surface area contributed by atoms with Gasteiger partial charge in [0, 0.05) is 0 Å². The summed E-state index contributed by atoms with van der Waals surface area (Å²) in [5.41, 5.74) is 6.75. The Labute approximate surface area is 423 Å². The van der Waals surface area contributed by atoms with Crippen LogP contribution in [-0.2, 0) is 93.6 Å². The molecule has 7 aromatic carbocycles. The molecule has 11 nitrogen and oxygen atoms in total. The molecule has 2 heterocycles. The van der Waals surface area contributed by atoms with Gasteiger partial charge in [-0.3, -0.25) is 0 Å². The van der Waals surface area contributed by atoms with E-state index in [0.717, 1.165) is 38.9 Å². The molecule has 11 heteroatoms. The lowest BCUT2D eigenvalue weighted by molar-refractivity contribution is -0.374. The molecule has 2 fully saturated rings. The maximum absolute atomic E-state index is 12.0. The van der Waals surface area contributed by atoms with Crippen molar-refractivity contribution >= 4 is 0 Å². The summed E-state index contributed by atoms with van der Waals surface area (Å²) in [6.07, 6.45) is -9.37. The quantitative estimate of drug-likeness (QED) is 0.0591. The summed E-state index contributed by atoms with van der Waals surface area (Å²) in [5.74, 6) is 0. The van der Waals surface area contributed by atoms with Gasteiger partial charge in [-0.2, -0.15) is 0 Å². The van der Waals surface area contributed by atoms with Crippen LogP contribution in [0, 0.1) is 0 Å². The van der Waals surface area contributed by atoms with Gasteiger partial charge in [-0.25, -0.2) is 0 Å². The van der Waals surface area contributed by atoms with Gasteiger partial charge in [-0.1, -0.05) is 212 Å². The summed E-state index contributed by atoms with van der Waals surface area (Å²) >= 11 is 0. The number of hydrogen-bond donors (Lipinski definition) is 1. The van der Waals surface area contributed by atoms with Crippen molar-refractivity contribution in [2.75, 3.05) is 13.2 Å². The Morgan fingerprint density at radius 1 is 0.292 bits per heavy atom. The molecule has 0 bridgehead atoms. The number of ether oxygens (including phenoxy) is 10. The molecule has 1 N–H and O–H groups in total. The zero-order valence-corrected chi connectivity index (χ0v) is 40.4. The minimum absolute atomic E-state index is 0.0375. The van der Waals surface area contributed by atoms with E-state index in [1.807, 2.05) is 212 Å². The van der Waals surface area contributed by atoms with Crippen molar-refractivity contribution in [3.8, 4) is 0 Å².